The fourth-order valence-corrected chi connectivity index (χ4v) is 3.09. The Bertz CT molecular complexity index is 712. The molecule has 3 amide bonds. The first-order valence-corrected chi connectivity index (χ1v) is 10.2. The number of nitrogens with zero attached hydrogens (tertiary/aromatic N) is 1. The summed E-state index contributed by atoms with van der Waals surface area (Å²) in [5.74, 6) is -1.98. The van der Waals surface area contributed by atoms with E-state index in [1.807, 2.05) is 13.8 Å². The topological polar surface area (TPSA) is 117 Å². The second-order valence-electron chi connectivity index (χ2n) is 7.44. The second kappa shape index (κ2) is 12.1. The van der Waals surface area contributed by atoms with E-state index in [0.717, 1.165) is 0 Å². The number of methoxy groups -OCH3 is 1. The lowest BCUT2D eigenvalue weighted by atomic mass is 10.0. The van der Waals surface area contributed by atoms with Crippen LogP contribution in [0.3, 0.4) is 0 Å². The van der Waals surface area contributed by atoms with Crippen LogP contribution >= 0.6 is 0 Å². The Kier molecular flexibility index (Phi) is 10.2. The molecule has 1 heterocycles. The predicted octanol–water partition coefficient (Wildman–Crippen LogP) is 1.17. The average molecular weight is 423 g/mol. The fourth-order valence-electron chi connectivity index (χ4n) is 3.09. The SMILES string of the molecule is C/C=C/[C@@H](CC)C(=O)NC(C(=O)N[C@@H](C)C(=O)N1CCC[C@@H](C(=O)OC)N1)=C(C)C. The maximum atomic E-state index is 12.7. The molecule has 0 aromatic heterocycles. The van der Waals surface area contributed by atoms with Gasteiger partial charge in [0.1, 0.15) is 17.8 Å². The molecule has 168 valence electrons. The lowest BCUT2D eigenvalue weighted by molar-refractivity contribution is -0.150. The van der Waals surface area contributed by atoms with Crippen LogP contribution < -0.4 is 16.1 Å². The zero-order valence-corrected chi connectivity index (χ0v) is 18.7. The molecule has 0 aromatic carbocycles. The number of esters is 1. The number of amides is 3. The van der Waals surface area contributed by atoms with Crippen LogP contribution in [0.4, 0.5) is 0 Å². The number of carbonyl (C=O) groups excluding carboxylic acids is 4. The van der Waals surface area contributed by atoms with Gasteiger partial charge in [-0.15, -0.1) is 0 Å². The number of hydrazine groups is 1. The van der Waals surface area contributed by atoms with Gasteiger partial charge >= 0.3 is 5.97 Å². The summed E-state index contributed by atoms with van der Waals surface area (Å²) in [7, 11) is 1.29. The van der Waals surface area contributed by atoms with Crippen molar-refractivity contribution in [2.75, 3.05) is 13.7 Å². The molecule has 0 aromatic rings. The van der Waals surface area contributed by atoms with Crippen molar-refractivity contribution in [1.82, 2.24) is 21.1 Å². The molecule has 1 saturated heterocycles. The smallest absolute Gasteiger partial charge is 0.324 e. The first-order chi connectivity index (χ1) is 14.2. The summed E-state index contributed by atoms with van der Waals surface area (Å²) < 4.78 is 4.72. The number of hydrogen-bond donors (Lipinski definition) is 3. The minimum Gasteiger partial charge on any atom is -0.468 e. The van der Waals surface area contributed by atoms with Gasteiger partial charge in [-0.2, -0.15) is 0 Å². The highest BCUT2D eigenvalue weighted by Gasteiger charge is 2.31. The largest absolute Gasteiger partial charge is 0.468 e. The van der Waals surface area contributed by atoms with Gasteiger partial charge in [-0.1, -0.05) is 19.1 Å². The van der Waals surface area contributed by atoms with Crippen LogP contribution in [0.25, 0.3) is 0 Å². The van der Waals surface area contributed by atoms with Crippen LogP contribution in [0, 0.1) is 5.92 Å². The number of nitrogens with one attached hydrogen (secondary N) is 3. The Morgan fingerprint density at radius 2 is 1.93 bits per heavy atom. The Morgan fingerprint density at radius 1 is 1.27 bits per heavy atom. The number of rotatable bonds is 8. The van der Waals surface area contributed by atoms with Crippen LogP contribution in [0.15, 0.2) is 23.4 Å². The van der Waals surface area contributed by atoms with E-state index in [4.69, 9.17) is 4.74 Å². The van der Waals surface area contributed by atoms with E-state index in [0.29, 0.717) is 31.4 Å². The Labute approximate surface area is 178 Å². The second-order valence-corrected chi connectivity index (χ2v) is 7.44. The molecule has 0 bridgehead atoms. The zero-order chi connectivity index (χ0) is 22.8. The molecule has 0 aliphatic carbocycles. The summed E-state index contributed by atoms with van der Waals surface area (Å²) in [6.45, 7) is 9.12. The summed E-state index contributed by atoms with van der Waals surface area (Å²) >= 11 is 0. The van der Waals surface area contributed by atoms with Crippen LogP contribution in [-0.4, -0.2) is 54.4 Å². The Hall–Kier alpha value is -2.68. The van der Waals surface area contributed by atoms with E-state index in [9.17, 15) is 19.2 Å². The van der Waals surface area contributed by atoms with Gasteiger partial charge in [0, 0.05) is 6.54 Å². The van der Waals surface area contributed by atoms with Crippen molar-refractivity contribution in [1.29, 1.82) is 0 Å². The van der Waals surface area contributed by atoms with E-state index in [-0.39, 0.29) is 23.4 Å². The molecular weight excluding hydrogens is 388 g/mol. The third-order valence-corrected chi connectivity index (χ3v) is 4.83. The van der Waals surface area contributed by atoms with Gasteiger partial charge in [-0.05, 0) is 52.5 Å². The molecule has 0 spiro atoms. The minimum atomic E-state index is -0.856. The van der Waals surface area contributed by atoms with Crippen molar-refractivity contribution in [3.63, 3.8) is 0 Å². The third kappa shape index (κ3) is 6.98. The standard InChI is InChI=1S/C21H34N4O5/c1-7-10-15(8-2)18(26)23-17(13(3)4)19(27)22-14(5)20(28)25-12-9-11-16(24-25)21(29)30-6/h7,10,14-16,24H,8-9,11-12H2,1-6H3,(H,22,27)(H,23,26)/b10-7+/t14-,15+,16-/m0/s1. The number of hydrogen-bond acceptors (Lipinski definition) is 6. The highest BCUT2D eigenvalue weighted by molar-refractivity contribution is 6.00. The van der Waals surface area contributed by atoms with Crippen molar-refractivity contribution >= 4 is 23.7 Å². The number of carbonyl (C=O) groups is 4. The minimum absolute atomic E-state index is 0.127. The molecule has 0 radical (unpaired) electrons. The number of allylic oxidation sites excluding steroid dienone is 2. The van der Waals surface area contributed by atoms with Gasteiger partial charge in [0.2, 0.25) is 5.91 Å². The van der Waals surface area contributed by atoms with E-state index in [2.05, 4.69) is 16.1 Å². The third-order valence-electron chi connectivity index (χ3n) is 4.83. The van der Waals surface area contributed by atoms with E-state index < -0.39 is 24.0 Å². The van der Waals surface area contributed by atoms with Crippen molar-refractivity contribution < 1.29 is 23.9 Å². The van der Waals surface area contributed by atoms with E-state index in [1.54, 1.807) is 32.9 Å². The molecule has 3 atom stereocenters. The zero-order valence-electron chi connectivity index (χ0n) is 18.7. The molecule has 1 aliphatic heterocycles. The molecule has 0 saturated carbocycles. The number of ether oxygens (including phenoxy) is 1. The van der Waals surface area contributed by atoms with E-state index in [1.165, 1.54) is 12.1 Å². The van der Waals surface area contributed by atoms with Gasteiger partial charge in [0.05, 0.1) is 13.0 Å². The first kappa shape index (κ1) is 25.4. The van der Waals surface area contributed by atoms with Gasteiger partial charge < -0.3 is 15.4 Å². The first-order valence-electron chi connectivity index (χ1n) is 10.2. The lowest BCUT2D eigenvalue weighted by Gasteiger charge is -2.34. The molecule has 3 N–H and O–H groups in total. The van der Waals surface area contributed by atoms with Crippen molar-refractivity contribution in [2.24, 2.45) is 5.92 Å². The van der Waals surface area contributed by atoms with Crippen molar-refractivity contribution in [3.05, 3.63) is 23.4 Å². The van der Waals surface area contributed by atoms with Crippen LogP contribution in [0.1, 0.15) is 53.9 Å². The molecule has 1 rings (SSSR count). The van der Waals surface area contributed by atoms with Gasteiger partial charge in [-0.25, -0.2) is 5.43 Å². The van der Waals surface area contributed by atoms with Gasteiger partial charge in [0.25, 0.3) is 11.8 Å². The molecule has 30 heavy (non-hydrogen) atoms. The summed E-state index contributed by atoms with van der Waals surface area (Å²) in [5.41, 5.74) is 3.60. The van der Waals surface area contributed by atoms with Crippen molar-refractivity contribution in [3.8, 4) is 0 Å². The molecule has 1 fully saturated rings. The summed E-state index contributed by atoms with van der Waals surface area (Å²) in [4.78, 5) is 49.7. The highest BCUT2D eigenvalue weighted by atomic mass is 16.5. The van der Waals surface area contributed by atoms with Crippen LogP contribution in [0.2, 0.25) is 0 Å². The summed E-state index contributed by atoms with van der Waals surface area (Å²) in [6.07, 6.45) is 5.38. The maximum Gasteiger partial charge on any atom is 0.324 e. The van der Waals surface area contributed by atoms with Crippen molar-refractivity contribution in [2.45, 2.75) is 66.0 Å². The molecule has 9 heteroatoms. The lowest BCUT2D eigenvalue weighted by Crippen LogP contribution is -2.59. The van der Waals surface area contributed by atoms with E-state index >= 15 is 0 Å². The molecular formula is C21H34N4O5. The quantitative estimate of drug-likeness (QED) is 0.307. The van der Waals surface area contributed by atoms with Crippen LogP contribution in [0.5, 0.6) is 0 Å². The summed E-state index contributed by atoms with van der Waals surface area (Å²) in [6, 6.07) is -1.45. The molecule has 0 unspecified atom stereocenters. The normalized spacial score (nSPS) is 18.3. The van der Waals surface area contributed by atoms with Crippen LogP contribution in [-0.2, 0) is 23.9 Å². The predicted molar refractivity (Wildman–Crippen MR) is 113 cm³/mol. The molecule has 9 nitrogen and oxygen atoms in total. The Balaban J connectivity index is 2.80. The maximum absolute atomic E-state index is 12.7. The average Bonchev–Trinajstić information content (AvgIpc) is 2.73. The Morgan fingerprint density at radius 3 is 2.47 bits per heavy atom. The highest BCUT2D eigenvalue weighted by Crippen LogP contribution is 2.11. The monoisotopic (exact) mass is 422 g/mol. The van der Waals surface area contributed by atoms with Gasteiger partial charge in [0.15, 0.2) is 0 Å². The summed E-state index contributed by atoms with van der Waals surface area (Å²) in [5, 5.41) is 6.64. The molecule has 1 aliphatic rings. The fraction of sp³-hybridized carbons (Fsp3) is 0.619. The van der Waals surface area contributed by atoms with Gasteiger partial charge in [-0.3, -0.25) is 24.2 Å².